The minimum atomic E-state index is -4.59. The molecule has 0 amide bonds. The second kappa shape index (κ2) is 10.2. The lowest BCUT2D eigenvalue weighted by Crippen LogP contribution is -2.33. The second-order valence-corrected chi connectivity index (χ2v) is 6.45. The van der Waals surface area contributed by atoms with Crippen LogP contribution in [0, 0.1) is 0 Å². The van der Waals surface area contributed by atoms with E-state index < -0.39 is 24.9 Å². The monoisotopic (exact) mass is 457 g/mol. The Morgan fingerprint density at radius 2 is 1.38 bits per heavy atom. The summed E-state index contributed by atoms with van der Waals surface area (Å²) in [5, 5.41) is 3.04. The summed E-state index contributed by atoms with van der Waals surface area (Å²) in [6, 6.07) is 17.8. The van der Waals surface area contributed by atoms with E-state index in [1.807, 2.05) is 0 Å². The van der Waals surface area contributed by atoms with Crippen molar-refractivity contribution in [1.29, 1.82) is 0 Å². The maximum atomic E-state index is 13.1. The molecule has 0 saturated carbocycles. The topological polar surface area (TPSA) is 39.7 Å². The third kappa shape index (κ3) is 6.73. The third-order valence-corrected chi connectivity index (χ3v) is 4.00. The molecule has 0 atom stereocenters. The highest BCUT2D eigenvalue weighted by atomic mass is 19.3. The standard InChI is InChI=1S/C22H17F6NO3/c23-20(24)22(27,28)32-19-9-1-4-14(10-19)13-29-15-5-2-6-16(11-15)30-17-7-3-8-18(12-17)31-21(25)26/h1-12,20-21,29H,13H2. The minimum absolute atomic E-state index is 0.0497. The molecule has 0 radical (unpaired) electrons. The van der Waals surface area contributed by atoms with Gasteiger partial charge < -0.3 is 19.5 Å². The van der Waals surface area contributed by atoms with Gasteiger partial charge in [-0.1, -0.05) is 24.3 Å². The smallest absolute Gasteiger partial charge is 0.457 e. The van der Waals surface area contributed by atoms with E-state index in [4.69, 9.17) is 4.74 Å². The van der Waals surface area contributed by atoms with Crippen LogP contribution < -0.4 is 19.5 Å². The van der Waals surface area contributed by atoms with Crippen molar-refractivity contribution in [2.45, 2.75) is 25.7 Å². The van der Waals surface area contributed by atoms with Crippen molar-refractivity contribution >= 4 is 5.69 Å². The number of hydrogen-bond donors (Lipinski definition) is 1. The summed E-state index contributed by atoms with van der Waals surface area (Å²) in [5.74, 6) is 0.242. The predicted molar refractivity (Wildman–Crippen MR) is 105 cm³/mol. The summed E-state index contributed by atoms with van der Waals surface area (Å²) in [4.78, 5) is 0. The van der Waals surface area contributed by atoms with Crippen molar-refractivity contribution in [1.82, 2.24) is 0 Å². The molecule has 0 fully saturated rings. The number of halogens is 6. The van der Waals surface area contributed by atoms with Gasteiger partial charge in [0.1, 0.15) is 23.0 Å². The maximum absolute atomic E-state index is 13.1. The van der Waals surface area contributed by atoms with Crippen molar-refractivity contribution < 1.29 is 40.6 Å². The summed E-state index contributed by atoms with van der Waals surface area (Å²) in [6.07, 6.45) is -8.54. The first kappa shape index (κ1) is 23.1. The Bertz CT molecular complexity index is 1030. The first-order chi connectivity index (χ1) is 15.2. The largest absolute Gasteiger partial charge is 0.461 e. The predicted octanol–water partition coefficient (Wildman–Crippen LogP) is 6.93. The SMILES string of the molecule is FC(F)Oc1cccc(Oc2cccc(NCc3cccc(OC(F)(F)C(F)F)c3)c2)c1. The molecule has 0 heterocycles. The van der Waals surface area contributed by atoms with Crippen LogP contribution in [0.3, 0.4) is 0 Å². The molecule has 3 aromatic carbocycles. The molecule has 3 aromatic rings. The molecule has 0 spiro atoms. The Kier molecular flexibility index (Phi) is 7.34. The number of rotatable bonds is 10. The lowest BCUT2D eigenvalue weighted by Gasteiger charge is -2.17. The van der Waals surface area contributed by atoms with Crippen molar-refractivity contribution in [3.63, 3.8) is 0 Å². The summed E-state index contributed by atoms with van der Waals surface area (Å²) >= 11 is 0. The molecular formula is C22H17F6NO3. The van der Waals surface area contributed by atoms with Crippen LogP contribution in [-0.2, 0) is 6.54 Å². The van der Waals surface area contributed by atoms with Crippen LogP contribution >= 0.6 is 0 Å². The lowest BCUT2D eigenvalue weighted by molar-refractivity contribution is -0.253. The molecule has 0 aliphatic heterocycles. The summed E-state index contributed by atoms with van der Waals surface area (Å²) in [7, 11) is 0. The van der Waals surface area contributed by atoms with Crippen molar-refractivity contribution in [2.75, 3.05) is 5.32 Å². The molecule has 1 N–H and O–H groups in total. The zero-order valence-electron chi connectivity index (χ0n) is 16.3. The average molecular weight is 457 g/mol. The van der Waals surface area contributed by atoms with Crippen LogP contribution in [-0.4, -0.2) is 19.1 Å². The van der Waals surface area contributed by atoms with Crippen LogP contribution in [0.2, 0.25) is 0 Å². The Balaban J connectivity index is 1.63. The van der Waals surface area contributed by atoms with Gasteiger partial charge in [-0.25, -0.2) is 0 Å². The average Bonchev–Trinajstić information content (AvgIpc) is 2.72. The number of benzene rings is 3. The van der Waals surface area contributed by atoms with Gasteiger partial charge in [0.2, 0.25) is 0 Å². The van der Waals surface area contributed by atoms with E-state index in [0.29, 0.717) is 17.0 Å². The molecule has 32 heavy (non-hydrogen) atoms. The molecule has 0 aliphatic rings. The van der Waals surface area contributed by atoms with E-state index >= 15 is 0 Å². The van der Waals surface area contributed by atoms with E-state index in [2.05, 4.69) is 14.8 Å². The second-order valence-electron chi connectivity index (χ2n) is 6.45. The highest BCUT2D eigenvalue weighted by Crippen LogP contribution is 2.29. The summed E-state index contributed by atoms with van der Waals surface area (Å²) < 4.78 is 89.5. The highest BCUT2D eigenvalue weighted by molar-refractivity contribution is 5.50. The Hall–Kier alpha value is -3.56. The van der Waals surface area contributed by atoms with E-state index in [0.717, 1.165) is 6.07 Å². The van der Waals surface area contributed by atoms with Crippen molar-refractivity contribution in [3.05, 3.63) is 78.4 Å². The molecule has 0 aliphatic carbocycles. The fourth-order valence-electron chi connectivity index (χ4n) is 2.64. The van der Waals surface area contributed by atoms with Gasteiger partial charge in [-0.05, 0) is 42.0 Å². The van der Waals surface area contributed by atoms with Gasteiger partial charge in [-0.3, -0.25) is 0 Å². The van der Waals surface area contributed by atoms with Crippen LogP contribution in [0.25, 0.3) is 0 Å². The molecule has 4 nitrogen and oxygen atoms in total. The Labute approximate surface area is 179 Å². The molecule has 10 heteroatoms. The minimum Gasteiger partial charge on any atom is -0.457 e. The molecule has 0 unspecified atom stereocenters. The van der Waals surface area contributed by atoms with Gasteiger partial charge in [-0.2, -0.15) is 26.3 Å². The summed E-state index contributed by atoms with van der Waals surface area (Å²) in [6.45, 7) is -2.78. The maximum Gasteiger partial charge on any atom is 0.461 e. The van der Waals surface area contributed by atoms with E-state index in [9.17, 15) is 26.3 Å². The number of hydrogen-bond acceptors (Lipinski definition) is 4. The first-order valence-corrected chi connectivity index (χ1v) is 9.22. The first-order valence-electron chi connectivity index (χ1n) is 9.22. The third-order valence-electron chi connectivity index (χ3n) is 4.00. The molecule has 0 bridgehead atoms. The molecular weight excluding hydrogens is 440 g/mol. The number of anilines is 1. The van der Waals surface area contributed by atoms with E-state index in [1.54, 1.807) is 36.4 Å². The van der Waals surface area contributed by atoms with Crippen LogP contribution in [0.5, 0.6) is 23.0 Å². The van der Waals surface area contributed by atoms with Crippen molar-refractivity contribution in [2.24, 2.45) is 0 Å². The molecule has 170 valence electrons. The van der Waals surface area contributed by atoms with Gasteiger partial charge >= 0.3 is 19.1 Å². The van der Waals surface area contributed by atoms with Gasteiger partial charge in [0.15, 0.2) is 0 Å². The van der Waals surface area contributed by atoms with Crippen LogP contribution in [0.1, 0.15) is 5.56 Å². The zero-order chi connectivity index (χ0) is 23.1. The fraction of sp³-hybridized carbons (Fsp3) is 0.182. The lowest BCUT2D eigenvalue weighted by atomic mass is 10.2. The number of ether oxygens (including phenoxy) is 3. The van der Waals surface area contributed by atoms with E-state index in [1.165, 1.54) is 30.3 Å². The van der Waals surface area contributed by atoms with Gasteiger partial charge in [0, 0.05) is 24.4 Å². The number of nitrogens with one attached hydrogen (secondary N) is 1. The molecule has 0 aromatic heterocycles. The van der Waals surface area contributed by atoms with Crippen LogP contribution in [0.15, 0.2) is 72.8 Å². The van der Waals surface area contributed by atoms with Gasteiger partial charge in [0.25, 0.3) is 0 Å². The Morgan fingerprint density at radius 1 is 0.750 bits per heavy atom. The summed E-state index contributed by atoms with van der Waals surface area (Å²) in [5.41, 5.74) is 1.11. The molecule has 0 saturated heterocycles. The highest BCUT2D eigenvalue weighted by Gasteiger charge is 2.43. The fourth-order valence-corrected chi connectivity index (χ4v) is 2.64. The number of alkyl halides is 6. The van der Waals surface area contributed by atoms with Crippen molar-refractivity contribution in [3.8, 4) is 23.0 Å². The van der Waals surface area contributed by atoms with Crippen LogP contribution in [0.4, 0.5) is 32.0 Å². The van der Waals surface area contributed by atoms with Gasteiger partial charge in [-0.15, -0.1) is 0 Å². The zero-order valence-corrected chi connectivity index (χ0v) is 16.3. The van der Waals surface area contributed by atoms with Gasteiger partial charge in [0.05, 0.1) is 0 Å². The Morgan fingerprint density at radius 3 is 2.09 bits per heavy atom. The molecule has 3 rings (SSSR count). The van der Waals surface area contributed by atoms with E-state index in [-0.39, 0.29) is 18.0 Å². The normalized spacial score (nSPS) is 11.5. The quantitative estimate of drug-likeness (QED) is 0.335.